The molecule has 1 heterocycles. The predicted molar refractivity (Wildman–Crippen MR) is 48.4 cm³/mol. The number of nitrogens with two attached hydrogens (primary N) is 1. The summed E-state index contributed by atoms with van der Waals surface area (Å²) in [6, 6.07) is 0. The minimum Gasteiger partial charge on any atom is -0.379 e. The molecule has 0 radical (unpaired) electrons. The lowest BCUT2D eigenvalue weighted by molar-refractivity contribution is 0.0937. The summed E-state index contributed by atoms with van der Waals surface area (Å²) in [5, 5.41) is 9.49. The largest absolute Gasteiger partial charge is 0.379 e. The van der Waals surface area contributed by atoms with Gasteiger partial charge in [0.25, 0.3) is 5.91 Å². The number of nitrogen functional groups attached to an aromatic ring is 1. The molecule has 0 aromatic carbocycles. The second-order valence-corrected chi connectivity index (χ2v) is 3.99. The summed E-state index contributed by atoms with van der Waals surface area (Å²) >= 11 is 0. The van der Waals surface area contributed by atoms with Crippen LogP contribution in [0.15, 0.2) is 4.63 Å². The number of nitrogens with one attached hydrogen (secondary N) is 1. The molecule has 1 fully saturated rings. The highest BCUT2D eigenvalue weighted by molar-refractivity contribution is 5.95. The Morgan fingerprint density at radius 3 is 2.86 bits per heavy atom. The Morgan fingerprint density at radius 2 is 2.36 bits per heavy atom. The Hall–Kier alpha value is -1.59. The van der Waals surface area contributed by atoms with E-state index in [-0.39, 0.29) is 22.8 Å². The number of carbonyl (C=O) groups excluding carboxylic acids is 1. The molecule has 0 unspecified atom stereocenters. The fraction of sp³-hybridized carbons (Fsp3) is 0.625. The molecule has 0 aliphatic heterocycles. The van der Waals surface area contributed by atoms with Crippen molar-refractivity contribution in [2.24, 2.45) is 5.41 Å². The molecular weight excluding hydrogens is 184 g/mol. The second kappa shape index (κ2) is 2.97. The molecule has 1 aromatic heterocycles. The Balaban J connectivity index is 1.93. The van der Waals surface area contributed by atoms with Gasteiger partial charge in [0.05, 0.1) is 0 Å². The summed E-state index contributed by atoms with van der Waals surface area (Å²) in [5.74, 6) is -0.291. The highest BCUT2D eigenvalue weighted by atomic mass is 16.6. The predicted octanol–water partition coefficient (Wildman–Crippen LogP) is 0.182. The van der Waals surface area contributed by atoms with Crippen LogP contribution in [0.2, 0.25) is 0 Å². The maximum absolute atomic E-state index is 11.4. The molecular formula is C8H12N4O2. The minimum absolute atomic E-state index is 0.0310. The Labute approximate surface area is 80.8 Å². The van der Waals surface area contributed by atoms with Crippen molar-refractivity contribution in [3.63, 3.8) is 0 Å². The monoisotopic (exact) mass is 196 g/mol. The van der Waals surface area contributed by atoms with Gasteiger partial charge in [-0.05, 0) is 28.6 Å². The topological polar surface area (TPSA) is 94.0 Å². The molecule has 76 valence electrons. The van der Waals surface area contributed by atoms with Gasteiger partial charge in [-0.15, -0.1) is 0 Å². The molecule has 1 aromatic rings. The first-order valence-electron chi connectivity index (χ1n) is 4.47. The molecule has 14 heavy (non-hydrogen) atoms. The zero-order valence-electron chi connectivity index (χ0n) is 7.91. The molecule has 1 amide bonds. The van der Waals surface area contributed by atoms with Gasteiger partial charge < -0.3 is 11.1 Å². The first-order chi connectivity index (χ1) is 6.61. The number of carbonyl (C=O) groups is 1. The molecule has 0 atom stereocenters. The van der Waals surface area contributed by atoms with Gasteiger partial charge in [-0.2, -0.15) is 0 Å². The van der Waals surface area contributed by atoms with Crippen molar-refractivity contribution >= 4 is 11.7 Å². The van der Waals surface area contributed by atoms with E-state index in [4.69, 9.17) is 5.73 Å². The SMILES string of the molecule is CC1(CNC(=O)c2nonc2N)CC1. The van der Waals surface area contributed by atoms with Crippen molar-refractivity contribution in [3.05, 3.63) is 5.69 Å². The zero-order valence-corrected chi connectivity index (χ0v) is 7.91. The molecule has 0 saturated heterocycles. The van der Waals surface area contributed by atoms with Crippen LogP contribution in [-0.4, -0.2) is 22.8 Å². The van der Waals surface area contributed by atoms with E-state index >= 15 is 0 Å². The van der Waals surface area contributed by atoms with Crippen LogP contribution in [0.25, 0.3) is 0 Å². The minimum atomic E-state index is -0.322. The smallest absolute Gasteiger partial charge is 0.277 e. The van der Waals surface area contributed by atoms with Crippen LogP contribution in [0, 0.1) is 5.41 Å². The van der Waals surface area contributed by atoms with Crippen LogP contribution >= 0.6 is 0 Å². The summed E-state index contributed by atoms with van der Waals surface area (Å²) < 4.78 is 4.33. The molecule has 1 aliphatic rings. The van der Waals surface area contributed by atoms with Gasteiger partial charge in [0.15, 0.2) is 0 Å². The normalized spacial score (nSPS) is 17.8. The van der Waals surface area contributed by atoms with Crippen LogP contribution < -0.4 is 11.1 Å². The standard InChI is InChI=1S/C8H12N4O2/c1-8(2-3-8)4-10-7(13)5-6(9)12-14-11-5/h2-4H2,1H3,(H2,9,12)(H,10,13). The van der Waals surface area contributed by atoms with Crippen molar-refractivity contribution in [3.8, 4) is 0 Å². The van der Waals surface area contributed by atoms with E-state index in [1.165, 1.54) is 0 Å². The van der Waals surface area contributed by atoms with E-state index in [0.29, 0.717) is 6.54 Å². The lowest BCUT2D eigenvalue weighted by atomic mass is 10.1. The van der Waals surface area contributed by atoms with Gasteiger partial charge in [-0.25, -0.2) is 4.63 Å². The summed E-state index contributed by atoms with van der Waals surface area (Å²) in [5.41, 5.74) is 5.70. The molecule has 3 N–H and O–H groups in total. The van der Waals surface area contributed by atoms with Crippen molar-refractivity contribution in [2.45, 2.75) is 19.8 Å². The molecule has 0 spiro atoms. The van der Waals surface area contributed by atoms with Crippen LogP contribution in [-0.2, 0) is 0 Å². The van der Waals surface area contributed by atoms with Crippen molar-refractivity contribution < 1.29 is 9.42 Å². The first kappa shape index (κ1) is 8.98. The van der Waals surface area contributed by atoms with E-state index < -0.39 is 0 Å². The first-order valence-corrected chi connectivity index (χ1v) is 4.47. The Kier molecular flexibility index (Phi) is 1.90. The quantitative estimate of drug-likeness (QED) is 0.719. The Morgan fingerprint density at radius 1 is 1.64 bits per heavy atom. The fourth-order valence-corrected chi connectivity index (χ4v) is 1.12. The average Bonchev–Trinajstić information content (AvgIpc) is 2.72. The molecule has 2 rings (SSSR count). The molecule has 0 bridgehead atoms. The molecule has 1 aliphatic carbocycles. The lowest BCUT2D eigenvalue weighted by Crippen LogP contribution is -2.29. The van der Waals surface area contributed by atoms with Crippen LogP contribution in [0.3, 0.4) is 0 Å². The highest BCUT2D eigenvalue weighted by Gasteiger charge is 2.37. The number of aromatic nitrogens is 2. The van der Waals surface area contributed by atoms with Crippen LogP contribution in [0.4, 0.5) is 5.82 Å². The van der Waals surface area contributed by atoms with Gasteiger partial charge >= 0.3 is 0 Å². The van der Waals surface area contributed by atoms with E-state index in [9.17, 15) is 4.79 Å². The number of hydrogen-bond donors (Lipinski definition) is 2. The number of amides is 1. The third-order valence-electron chi connectivity index (χ3n) is 2.51. The Bertz CT molecular complexity index is 356. The van der Waals surface area contributed by atoms with Crippen molar-refractivity contribution in [2.75, 3.05) is 12.3 Å². The maximum atomic E-state index is 11.4. The van der Waals surface area contributed by atoms with Crippen molar-refractivity contribution in [1.82, 2.24) is 15.6 Å². The number of hydrogen-bond acceptors (Lipinski definition) is 5. The van der Waals surface area contributed by atoms with Gasteiger partial charge in [0.1, 0.15) is 0 Å². The molecule has 1 saturated carbocycles. The third-order valence-corrected chi connectivity index (χ3v) is 2.51. The average molecular weight is 196 g/mol. The molecule has 6 nitrogen and oxygen atoms in total. The summed E-state index contributed by atoms with van der Waals surface area (Å²) in [6.07, 6.45) is 2.31. The maximum Gasteiger partial charge on any atom is 0.277 e. The second-order valence-electron chi connectivity index (χ2n) is 3.99. The van der Waals surface area contributed by atoms with Crippen molar-refractivity contribution in [1.29, 1.82) is 0 Å². The van der Waals surface area contributed by atoms with Crippen LogP contribution in [0.1, 0.15) is 30.3 Å². The number of nitrogens with zero attached hydrogens (tertiary/aromatic N) is 2. The van der Waals surface area contributed by atoms with Gasteiger partial charge in [0, 0.05) is 6.54 Å². The summed E-state index contributed by atoms with van der Waals surface area (Å²) in [4.78, 5) is 11.4. The lowest BCUT2D eigenvalue weighted by Gasteiger charge is -2.07. The zero-order chi connectivity index (χ0) is 10.2. The fourth-order valence-electron chi connectivity index (χ4n) is 1.12. The van der Waals surface area contributed by atoms with E-state index in [0.717, 1.165) is 12.8 Å². The number of anilines is 1. The van der Waals surface area contributed by atoms with Gasteiger partial charge in [-0.1, -0.05) is 6.92 Å². The molecule has 6 heteroatoms. The van der Waals surface area contributed by atoms with Gasteiger partial charge in [-0.3, -0.25) is 4.79 Å². The van der Waals surface area contributed by atoms with E-state index in [2.05, 4.69) is 27.2 Å². The van der Waals surface area contributed by atoms with E-state index in [1.807, 2.05) is 0 Å². The third kappa shape index (κ3) is 1.68. The van der Waals surface area contributed by atoms with E-state index in [1.54, 1.807) is 0 Å². The number of rotatable bonds is 3. The summed E-state index contributed by atoms with van der Waals surface area (Å²) in [7, 11) is 0. The summed E-state index contributed by atoms with van der Waals surface area (Å²) in [6.45, 7) is 2.77. The van der Waals surface area contributed by atoms with Gasteiger partial charge in [0.2, 0.25) is 11.5 Å². The van der Waals surface area contributed by atoms with Crippen LogP contribution in [0.5, 0.6) is 0 Å². The highest BCUT2D eigenvalue weighted by Crippen LogP contribution is 2.44.